The van der Waals surface area contributed by atoms with Gasteiger partial charge < -0.3 is 10.2 Å². The Labute approximate surface area is 134 Å². The average Bonchev–Trinajstić information content (AvgIpc) is 2.92. The van der Waals surface area contributed by atoms with Crippen LogP contribution in [-0.2, 0) is 4.79 Å². The topological polar surface area (TPSA) is 58.1 Å². The molecule has 118 valence electrons. The number of hydrogen-bond donors (Lipinski definition) is 1. The number of likely N-dealkylation sites (tertiary alicyclic amines) is 1. The van der Waals surface area contributed by atoms with Crippen LogP contribution in [0, 0.1) is 13.8 Å². The summed E-state index contributed by atoms with van der Waals surface area (Å²) in [4.78, 5) is 24.2. The number of thiophene rings is 1. The standard InChI is InChI=1S/C16H22N4OS/c1-9-8-22-15-13(9)14(17-10(2)18-15)19-11-6-12(21)20(7-11)16(3,4)5/h8,11H,6-7H2,1-5H3,(H,17,18,19). The van der Waals surface area contributed by atoms with Crippen molar-refractivity contribution in [2.24, 2.45) is 0 Å². The summed E-state index contributed by atoms with van der Waals surface area (Å²) in [6, 6.07) is 0.100. The Morgan fingerprint density at radius 3 is 2.68 bits per heavy atom. The second-order valence-electron chi connectivity index (χ2n) is 6.94. The van der Waals surface area contributed by atoms with E-state index in [9.17, 15) is 4.79 Å². The lowest BCUT2D eigenvalue weighted by Gasteiger charge is -2.32. The number of fused-ring (bicyclic) bond motifs is 1. The third kappa shape index (κ3) is 2.67. The van der Waals surface area contributed by atoms with Crippen LogP contribution in [0.15, 0.2) is 5.38 Å². The molecular formula is C16H22N4OS. The summed E-state index contributed by atoms with van der Waals surface area (Å²) < 4.78 is 0. The molecule has 0 aliphatic carbocycles. The minimum absolute atomic E-state index is 0.100. The molecule has 1 fully saturated rings. The van der Waals surface area contributed by atoms with E-state index in [2.05, 4.69) is 48.4 Å². The van der Waals surface area contributed by atoms with E-state index in [0.29, 0.717) is 6.42 Å². The number of aromatic nitrogens is 2. The molecule has 2 aromatic rings. The number of hydrogen-bond acceptors (Lipinski definition) is 5. The lowest BCUT2D eigenvalue weighted by Crippen LogP contribution is -2.43. The minimum atomic E-state index is -0.136. The summed E-state index contributed by atoms with van der Waals surface area (Å²) in [6.07, 6.45) is 0.519. The Hall–Kier alpha value is -1.69. The lowest BCUT2D eigenvalue weighted by molar-refractivity contribution is -0.131. The van der Waals surface area contributed by atoms with Gasteiger partial charge in [0.2, 0.25) is 5.91 Å². The van der Waals surface area contributed by atoms with E-state index in [4.69, 9.17) is 0 Å². The predicted molar refractivity (Wildman–Crippen MR) is 90.4 cm³/mol. The Morgan fingerprint density at radius 2 is 2.05 bits per heavy atom. The SMILES string of the molecule is Cc1nc(NC2CC(=O)N(C(C)(C)C)C2)c2c(C)csc2n1. The number of nitrogens with zero attached hydrogens (tertiary/aromatic N) is 3. The third-order valence-electron chi connectivity index (χ3n) is 4.00. The predicted octanol–water partition coefficient (Wildman–Crippen LogP) is 3.12. The second-order valence-corrected chi connectivity index (χ2v) is 7.80. The van der Waals surface area contributed by atoms with Crippen molar-refractivity contribution in [2.75, 3.05) is 11.9 Å². The normalized spacial score (nSPS) is 19.2. The number of aryl methyl sites for hydroxylation is 2. The number of carbonyl (C=O) groups excluding carboxylic acids is 1. The smallest absolute Gasteiger partial charge is 0.225 e. The minimum Gasteiger partial charge on any atom is -0.364 e. The van der Waals surface area contributed by atoms with E-state index < -0.39 is 0 Å². The van der Waals surface area contributed by atoms with Crippen molar-refractivity contribution >= 4 is 33.3 Å². The molecule has 1 atom stereocenters. The molecule has 1 amide bonds. The van der Waals surface area contributed by atoms with E-state index in [-0.39, 0.29) is 17.5 Å². The number of carbonyl (C=O) groups is 1. The zero-order valence-electron chi connectivity index (χ0n) is 13.7. The first-order valence-electron chi connectivity index (χ1n) is 7.55. The van der Waals surface area contributed by atoms with Gasteiger partial charge in [0.05, 0.1) is 11.4 Å². The Balaban J connectivity index is 1.89. The molecule has 1 unspecified atom stereocenters. The van der Waals surface area contributed by atoms with Gasteiger partial charge in [0.25, 0.3) is 0 Å². The van der Waals surface area contributed by atoms with Crippen LogP contribution in [0.5, 0.6) is 0 Å². The van der Waals surface area contributed by atoms with Crippen LogP contribution in [0.25, 0.3) is 10.2 Å². The number of nitrogens with one attached hydrogen (secondary N) is 1. The molecule has 0 radical (unpaired) electrons. The van der Waals surface area contributed by atoms with E-state index >= 15 is 0 Å². The van der Waals surface area contributed by atoms with E-state index in [1.54, 1.807) is 11.3 Å². The fraction of sp³-hybridized carbons (Fsp3) is 0.562. The number of anilines is 1. The first kappa shape index (κ1) is 15.2. The quantitative estimate of drug-likeness (QED) is 0.924. The average molecular weight is 318 g/mol. The van der Waals surface area contributed by atoms with Crippen molar-refractivity contribution in [1.29, 1.82) is 0 Å². The maximum atomic E-state index is 12.2. The summed E-state index contributed by atoms with van der Waals surface area (Å²) in [7, 11) is 0. The van der Waals surface area contributed by atoms with E-state index in [0.717, 1.165) is 28.4 Å². The van der Waals surface area contributed by atoms with Crippen LogP contribution in [0.4, 0.5) is 5.82 Å². The number of rotatable bonds is 2. The molecule has 3 heterocycles. The van der Waals surface area contributed by atoms with Gasteiger partial charge in [-0.05, 0) is 45.6 Å². The molecule has 3 rings (SSSR count). The zero-order valence-corrected chi connectivity index (χ0v) is 14.5. The van der Waals surface area contributed by atoms with Crippen LogP contribution in [0.2, 0.25) is 0 Å². The molecule has 0 saturated carbocycles. The summed E-state index contributed by atoms with van der Waals surface area (Å²) in [5.74, 6) is 1.82. The van der Waals surface area contributed by atoms with Gasteiger partial charge in [-0.1, -0.05) is 0 Å². The molecule has 0 bridgehead atoms. The van der Waals surface area contributed by atoms with Crippen molar-refractivity contribution in [3.63, 3.8) is 0 Å². The van der Waals surface area contributed by atoms with Crippen LogP contribution in [0.3, 0.4) is 0 Å². The highest BCUT2D eigenvalue weighted by Gasteiger charge is 2.36. The van der Waals surface area contributed by atoms with Crippen molar-refractivity contribution in [2.45, 2.75) is 52.6 Å². The molecule has 1 aliphatic rings. The first-order valence-corrected chi connectivity index (χ1v) is 8.43. The molecular weight excluding hydrogens is 296 g/mol. The fourth-order valence-electron chi connectivity index (χ4n) is 2.94. The molecule has 2 aromatic heterocycles. The van der Waals surface area contributed by atoms with Crippen LogP contribution in [0.1, 0.15) is 38.6 Å². The molecule has 22 heavy (non-hydrogen) atoms. The van der Waals surface area contributed by atoms with Crippen molar-refractivity contribution in [3.05, 3.63) is 16.8 Å². The molecule has 0 aromatic carbocycles. The molecule has 0 spiro atoms. The van der Waals surface area contributed by atoms with E-state index in [1.165, 1.54) is 5.56 Å². The van der Waals surface area contributed by atoms with Gasteiger partial charge in [-0.15, -0.1) is 11.3 Å². The Kier molecular flexibility index (Phi) is 3.59. The van der Waals surface area contributed by atoms with Crippen LogP contribution < -0.4 is 5.32 Å². The van der Waals surface area contributed by atoms with Gasteiger partial charge in [-0.3, -0.25) is 4.79 Å². The van der Waals surface area contributed by atoms with Crippen LogP contribution in [-0.4, -0.2) is 38.9 Å². The molecule has 1 aliphatic heterocycles. The summed E-state index contributed by atoms with van der Waals surface area (Å²) >= 11 is 1.64. The van der Waals surface area contributed by atoms with Crippen molar-refractivity contribution in [1.82, 2.24) is 14.9 Å². The summed E-state index contributed by atoms with van der Waals surface area (Å²) in [5.41, 5.74) is 1.04. The molecule has 1 N–H and O–H groups in total. The van der Waals surface area contributed by atoms with Gasteiger partial charge in [0.1, 0.15) is 16.5 Å². The summed E-state index contributed by atoms with van der Waals surface area (Å²) in [6.45, 7) is 10.9. The first-order chi connectivity index (χ1) is 10.3. The van der Waals surface area contributed by atoms with Gasteiger partial charge in [0, 0.05) is 18.5 Å². The fourth-order valence-corrected chi connectivity index (χ4v) is 3.91. The highest BCUT2D eigenvalue weighted by Crippen LogP contribution is 2.31. The van der Waals surface area contributed by atoms with Gasteiger partial charge in [-0.25, -0.2) is 9.97 Å². The van der Waals surface area contributed by atoms with Crippen LogP contribution >= 0.6 is 11.3 Å². The summed E-state index contributed by atoms with van der Waals surface area (Å²) in [5, 5.41) is 6.66. The van der Waals surface area contributed by atoms with Crippen molar-refractivity contribution < 1.29 is 4.79 Å². The Morgan fingerprint density at radius 1 is 1.32 bits per heavy atom. The van der Waals surface area contributed by atoms with Gasteiger partial charge >= 0.3 is 0 Å². The maximum Gasteiger partial charge on any atom is 0.225 e. The molecule has 6 heteroatoms. The maximum absolute atomic E-state index is 12.2. The zero-order chi connectivity index (χ0) is 16.1. The second kappa shape index (κ2) is 5.19. The Bertz CT molecular complexity index is 732. The van der Waals surface area contributed by atoms with Crippen molar-refractivity contribution in [3.8, 4) is 0 Å². The lowest BCUT2D eigenvalue weighted by atomic mass is 10.1. The van der Waals surface area contributed by atoms with Gasteiger partial charge in [-0.2, -0.15) is 0 Å². The van der Waals surface area contributed by atoms with Gasteiger partial charge in [0.15, 0.2) is 0 Å². The molecule has 5 nitrogen and oxygen atoms in total. The largest absolute Gasteiger partial charge is 0.364 e. The highest BCUT2D eigenvalue weighted by atomic mass is 32.1. The third-order valence-corrected chi connectivity index (χ3v) is 4.99. The van der Waals surface area contributed by atoms with E-state index in [1.807, 2.05) is 11.8 Å². The molecule has 1 saturated heterocycles. The monoisotopic (exact) mass is 318 g/mol. The number of amides is 1. The highest BCUT2D eigenvalue weighted by molar-refractivity contribution is 7.17.